The van der Waals surface area contributed by atoms with Crippen molar-refractivity contribution in [3.05, 3.63) is 59.9 Å². The Hall–Kier alpha value is -3.42. The summed E-state index contributed by atoms with van der Waals surface area (Å²) < 4.78 is 37.2. The zero-order valence-corrected chi connectivity index (χ0v) is 17.0. The summed E-state index contributed by atoms with van der Waals surface area (Å²) in [6.45, 7) is 0.0526. The van der Waals surface area contributed by atoms with Gasteiger partial charge in [-0.05, 0) is 31.2 Å². The summed E-state index contributed by atoms with van der Waals surface area (Å²) in [6, 6.07) is 12.5. The second-order valence-electron chi connectivity index (χ2n) is 6.55. The quantitative estimate of drug-likeness (QED) is 0.514. The summed E-state index contributed by atoms with van der Waals surface area (Å²) in [5.74, 6) is 0.519. The van der Waals surface area contributed by atoms with Gasteiger partial charge in [0.15, 0.2) is 11.5 Å². The van der Waals surface area contributed by atoms with Gasteiger partial charge in [0.05, 0.1) is 24.7 Å². The number of likely N-dealkylation sites (N-methyl/N-ethyl adjacent to an activating group) is 1. The van der Waals surface area contributed by atoms with Gasteiger partial charge in [-0.3, -0.25) is 4.79 Å². The van der Waals surface area contributed by atoms with Crippen molar-refractivity contribution >= 4 is 23.0 Å². The molecular formula is C22H23F2N3O3. The molecule has 1 heterocycles. The average molecular weight is 415 g/mol. The first-order valence-electron chi connectivity index (χ1n) is 9.43. The van der Waals surface area contributed by atoms with Gasteiger partial charge >= 0.3 is 6.61 Å². The molecule has 0 spiro atoms. The summed E-state index contributed by atoms with van der Waals surface area (Å²) in [7, 11) is 3.02. The predicted molar refractivity (Wildman–Crippen MR) is 111 cm³/mol. The van der Waals surface area contributed by atoms with Crippen molar-refractivity contribution in [2.75, 3.05) is 14.2 Å². The van der Waals surface area contributed by atoms with Gasteiger partial charge in [0.25, 0.3) is 0 Å². The first-order chi connectivity index (χ1) is 14.4. The van der Waals surface area contributed by atoms with E-state index in [0.717, 1.165) is 23.4 Å². The molecule has 0 aliphatic carbocycles. The number of carbonyl (C=O) groups excluding carboxylic acids is 1. The fraction of sp³-hybridized carbons (Fsp3) is 0.273. The molecule has 0 unspecified atom stereocenters. The topological polar surface area (TPSA) is 56.6 Å². The van der Waals surface area contributed by atoms with E-state index in [9.17, 15) is 13.6 Å². The van der Waals surface area contributed by atoms with E-state index in [1.165, 1.54) is 30.2 Å². The molecule has 0 bridgehead atoms. The third-order valence-electron chi connectivity index (χ3n) is 4.65. The third kappa shape index (κ3) is 4.59. The van der Waals surface area contributed by atoms with Crippen LogP contribution in [0.25, 0.3) is 17.1 Å². The Labute approximate surface area is 173 Å². The lowest BCUT2D eigenvalue weighted by molar-refractivity contribution is -0.125. The predicted octanol–water partition coefficient (Wildman–Crippen LogP) is 4.34. The zero-order chi connectivity index (χ0) is 21.7. The van der Waals surface area contributed by atoms with Gasteiger partial charge in [0.1, 0.15) is 5.82 Å². The molecule has 1 aromatic heterocycles. The van der Waals surface area contributed by atoms with E-state index in [2.05, 4.69) is 14.3 Å². The minimum Gasteiger partial charge on any atom is -0.493 e. The van der Waals surface area contributed by atoms with E-state index >= 15 is 0 Å². The van der Waals surface area contributed by atoms with E-state index in [4.69, 9.17) is 4.74 Å². The van der Waals surface area contributed by atoms with Crippen LogP contribution >= 0.6 is 0 Å². The Morgan fingerprint density at radius 1 is 1.23 bits per heavy atom. The van der Waals surface area contributed by atoms with E-state index in [1.807, 2.05) is 31.2 Å². The number of fused-ring (bicyclic) bond motifs is 1. The second-order valence-corrected chi connectivity index (χ2v) is 6.55. The van der Waals surface area contributed by atoms with Crippen LogP contribution in [-0.4, -0.2) is 41.1 Å². The van der Waals surface area contributed by atoms with Crippen molar-refractivity contribution in [2.24, 2.45) is 0 Å². The Bertz CT molecular complexity index is 1060. The molecule has 3 rings (SSSR count). The van der Waals surface area contributed by atoms with Crippen LogP contribution in [0.4, 0.5) is 8.78 Å². The number of halogens is 2. The molecule has 0 radical (unpaired) electrons. The van der Waals surface area contributed by atoms with Crippen molar-refractivity contribution in [1.82, 2.24) is 14.5 Å². The van der Waals surface area contributed by atoms with Crippen LogP contribution in [0.2, 0.25) is 0 Å². The van der Waals surface area contributed by atoms with E-state index < -0.39 is 6.61 Å². The molecule has 0 saturated heterocycles. The lowest BCUT2D eigenvalue weighted by Crippen LogP contribution is -2.26. The summed E-state index contributed by atoms with van der Waals surface area (Å²) in [6.07, 6.45) is 2.74. The maximum absolute atomic E-state index is 12.8. The molecule has 0 N–H and O–H groups in total. The van der Waals surface area contributed by atoms with Gasteiger partial charge < -0.3 is 18.9 Å². The van der Waals surface area contributed by atoms with Crippen LogP contribution in [0.15, 0.2) is 48.5 Å². The van der Waals surface area contributed by atoms with E-state index in [1.54, 1.807) is 19.2 Å². The zero-order valence-electron chi connectivity index (χ0n) is 17.0. The van der Waals surface area contributed by atoms with Gasteiger partial charge in [-0.2, -0.15) is 8.78 Å². The summed E-state index contributed by atoms with van der Waals surface area (Å²) in [5.41, 5.74) is 2.20. The molecule has 0 fully saturated rings. The normalized spacial score (nSPS) is 11.4. The Balaban J connectivity index is 1.79. The minimum atomic E-state index is -3.01. The average Bonchev–Trinajstić information content (AvgIpc) is 3.09. The molecule has 0 atom stereocenters. The lowest BCUT2D eigenvalue weighted by atomic mass is 10.1. The maximum atomic E-state index is 12.8. The first-order valence-corrected chi connectivity index (χ1v) is 9.43. The van der Waals surface area contributed by atoms with Crippen molar-refractivity contribution < 1.29 is 23.0 Å². The minimum absolute atomic E-state index is 0.116. The number of hydrogen-bond acceptors (Lipinski definition) is 4. The van der Waals surface area contributed by atoms with Gasteiger partial charge in [-0.25, -0.2) is 4.98 Å². The number of carbonyl (C=O) groups is 1. The fourth-order valence-corrected chi connectivity index (χ4v) is 3.22. The Morgan fingerprint density at radius 3 is 2.70 bits per heavy atom. The second kappa shape index (κ2) is 9.39. The summed E-state index contributed by atoms with van der Waals surface area (Å²) in [5, 5.41) is 0. The Kier molecular flexibility index (Phi) is 6.66. The van der Waals surface area contributed by atoms with Crippen molar-refractivity contribution in [2.45, 2.75) is 26.6 Å². The van der Waals surface area contributed by atoms with Gasteiger partial charge in [-0.1, -0.05) is 24.3 Å². The Morgan fingerprint density at radius 2 is 2.00 bits per heavy atom. The molecule has 0 aliphatic heterocycles. The molecule has 0 saturated carbocycles. The number of alkyl halides is 2. The molecule has 158 valence electrons. The van der Waals surface area contributed by atoms with Crippen LogP contribution in [0, 0.1) is 0 Å². The molecule has 1 amide bonds. The van der Waals surface area contributed by atoms with Crippen LogP contribution in [-0.2, 0) is 17.9 Å². The number of aryl methyl sites for hydroxylation is 1. The highest BCUT2D eigenvalue weighted by atomic mass is 19.3. The van der Waals surface area contributed by atoms with Crippen LogP contribution in [0.1, 0.15) is 18.3 Å². The highest BCUT2D eigenvalue weighted by molar-refractivity contribution is 5.92. The van der Waals surface area contributed by atoms with E-state index in [0.29, 0.717) is 12.1 Å². The molecule has 2 aromatic carbocycles. The number of amides is 1. The summed E-state index contributed by atoms with van der Waals surface area (Å²) >= 11 is 0. The maximum Gasteiger partial charge on any atom is 0.387 e. The molecule has 30 heavy (non-hydrogen) atoms. The largest absolute Gasteiger partial charge is 0.493 e. The number of ether oxygens (including phenoxy) is 2. The summed E-state index contributed by atoms with van der Waals surface area (Å²) in [4.78, 5) is 18.7. The monoisotopic (exact) mass is 415 g/mol. The van der Waals surface area contributed by atoms with Crippen molar-refractivity contribution in [3.63, 3.8) is 0 Å². The molecule has 6 nitrogen and oxygen atoms in total. The van der Waals surface area contributed by atoms with Crippen molar-refractivity contribution in [3.8, 4) is 11.5 Å². The molecular weight excluding hydrogens is 392 g/mol. The number of para-hydroxylation sites is 3. The molecule has 0 aliphatic rings. The first kappa shape index (κ1) is 21.3. The number of aromatic nitrogens is 2. The van der Waals surface area contributed by atoms with Crippen LogP contribution in [0.3, 0.4) is 0 Å². The SMILES string of the molecule is CCn1c(CN(C)C(=O)/C=C/c2cccc(OC)c2OC(F)F)nc2ccccc21. The number of benzene rings is 2. The van der Waals surface area contributed by atoms with Crippen molar-refractivity contribution in [1.29, 1.82) is 0 Å². The number of hydrogen-bond donors (Lipinski definition) is 0. The number of nitrogens with zero attached hydrogens (tertiary/aromatic N) is 3. The fourth-order valence-electron chi connectivity index (χ4n) is 3.22. The molecule has 8 heteroatoms. The standard InChI is InChI=1S/C22H23F2N3O3/c1-4-27-17-10-6-5-9-16(17)25-19(27)14-26(2)20(28)13-12-15-8-7-11-18(29-3)21(15)30-22(23)24/h5-13,22H,4,14H2,1-3H3/b13-12+. The number of methoxy groups -OCH3 is 1. The van der Waals surface area contributed by atoms with Gasteiger partial charge in [-0.15, -0.1) is 0 Å². The smallest absolute Gasteiger partial charge is 0.387 e. The number of rotatable bonds is 8. The van der Waals surface area contributed by atoms with Crippen LogP contribution < -0.4 is 9.47 Å². The highest BCUT2D eigenvalue weighted by Crippen LogP contribution is 2.33. The lowest BCUT2D eigenvalue weighted by Gasteiger charge is -2.16. The number of imidazole rings is 1. The van der Waals surface area contributed by atoms with E-state index in [-0.39, 0.29) is 17.4 Å². The van der Waals surface area contributed by atoms with Gasteiger partial charge in [0.2, 0.25) is 5.91 Å². The highest BCUT2D eigenvalue weighted by Gasteiger charge is 2.16. The molecule has 3 aromatic rings. The van der Waals surface area contributed by atoms with Crippen LogP contribution in [0.5, 0.6) is 11.5 Å². The third-order valence-corrected chi connectivity index (χ3v) is 4.65. The van der Waals surface area contributed by atoms with Gasteiger partial charge in [0, 0.05) is 25.2 Å².